The van der Waals surface area contributed by atoms with Crippen LogP contribution in [-0.4, -0.2) is 60.0 Å². The van der Waals surface area contributed by atoms with Gasteiger partial charge in [-0.25, -0.2) is 5.43 Å². The van der Waals surface area contributed by atoms with Gasteiger partial charge in [-0.05, 0) is 43.7 Å². The van der Waals surface area contributed by atoms with E-state index in [1.165, 1.54) is 11.1 Å². The van der Waals surface area contributed by atoms with Gasteiger partial charge in [0.1, 0.15) is 6.04 Å². The smallest absolute Gasteiger partial charge is 0.241 e. The Morgan fingerprint density at radius 3 is 2.46 bits per heavy atom. The van der Waals surface area contributed by atoms with Crippen LogP contribution in [0.25, 0.3) is 0 Å². The molecule has 0 aromatic heterocycles. The molecule has 0 spiro atoms. The SMILES string of the molecule is CC1CC(C(=O)N2CCCN(C3Cc4ccccc4C3)CC2)NN1. The number of nitrogens with one attached hydrogen (secondary N) is 2. The molecule has 2 saturated heterocycles. The first kappa shape index (κ1) is 16.1. The van der Waals surface area contributed by atoms with Crippen LogP contribution in [0.1, 0.15) is 30.9 Å². The van der Waals surface area contributed by atoms with Crippen molar-refractivity contribution in [1.29, 1.82) is 0 Å². The highest BCUT2D eigenvalue weighted by atomic mass is 16.2. The quantitative estimate of drug-likeness (QED) is 0.848. The highest BCUT2D eigenvalue weighted by Gasteiger charge is 2.33. The summed E-state index contributed by atoms with van der Waals surface area (Å²) in [6.07, 6.45) is 4.29. The lowest BCUT2D eigenvalue weighted by atomic mass is 10.1. The third kappa shape index (κ3) is 3.21. The van der Waals surface area contributed by atoms with Gasteiger partial charge in [0.2, 0.25) is 5.91 Å². The molecule has 2 fully saturated rings. The fourth-order valence-corrected chi connectivity index (χ4v) is 4.41. The molecule has 3 aliphatic rings. The monoisotopic (exact) mass is 328 g/mol. The lowest BCUT2D eigenvalue weighted by molar-refractivity contribution is -0.133. The minimum atomic E-state index is -0.0534. The topological polar surface area (TPSA) is 47.6 Å². The molecule has 2 N–H and O–H groups in total. The second-order valence-corrected chi connectivity index (χ2v) is 7.52. The molecule has 0 radical (unpaired) electrons. The van der Waals surface area contributed by atoms with Crippen LogP contribution in [0.2, 0.25) is 0 Å². The number of hydrazine groups is 1. The van der Waals surface area contributed by atoms with Crippen molar-refractivity contribution in [1.82, 2.24) is 20.7 Å². The molecular weight excluding hydrogens is 300 g/mol. The second-order valence-electron chi connectivity index (χ2n) is 7.52. The maximum Gasteiger partial charge on any atom is 0.241 e. The first-order valence-electron chi connectivity index (χ1n) is 9.31. The molecule has 0 bridgehead atoms. The standard InChI is InChI=1S/C19H28N4O/c1-14-11-18(21-20-14)19(24)23-8-4-7-22(9-10-23)17-12-15-5-2-3-6-16(15)13-17/h2-3,5-6,14,17-18,20-21H,4,7-13H2,1H3. The average Bonchev–Trinajstić information content (AvgIpc) is 3.13. The van der Waals surface area contributed by atoms with Crippen molar-refractivity contribution in [2.24, 2.45) is 0 Å². The van der Waals surface area contributed by atoms with Gasteiger partial charge >= 0.3 is 0 Å². The Morgan fingerprint density at radius 1 is 1.04 bits per heavy atom. The first-order chi connectivity index (χ1) is 11.7. The second kappa shape index (κ2) is 6.82. The predicted molar refractivity (Wildman–Crippen MR) is 94.5 cm³/mol. The van der Waals surface area contributed by atoms with E-state index >= 15 is 0 Å². The van der Waals surface area contributed by atoms with Crippen LogP contribution in [0.15, 0.2) is 24.3 Å². The fourth-order valence-electron chi connectivity index (χ4n) is 4.41. The van der Waals surface area contributed by atoms with E-state index in [9.17, 15) is 4.79 Å². The number of carbonyl (C=O) groups is 1. The Morgan fingerprint density at radius 2 is 1.79 bits per heavy atom. The van der Waals surface area contributed by atoms with Crippen LogP contribution in [0.5, 0.6) is 0 Å². The molecule has 2 unspecified atom stereocenters. The van der Waals surface area contributed by atoms with Gasteiger partial charge in [0, 0.05) is 38.3 Å². The average molecular weight is 328 g/mol. The molecule has 5 nitrogen and oxygen atoms in total. The van der Waals surface area contributed by atoms with Crippen molar-refractivity contribution in [2.75, 3.05) is 26.2 Å². The number of benzene rings is 1. The van der Waals surface area contributed by atoms with Crippen LogP contribution >= 0.6 is 0 Å². The lowest BCUT2D eigenvalue weighted by Gasteiger charge is -2.28. The molecule has 1 aliphatic carbocycles. The van der Waals surface area contributed by atoms with Crippen LogP contribution in [0, 0.1) is 0 Å². The number of fused-ring (bicyclic) bond motifs is 1. The number of nitrogens with zero attached hydrogens (tertiary/aromatic N) is 2. The fraction of sp³-hybridized carbons (Fsp3) is 0.632. The Labute approximate surface area is 144 Å². The molecule has 1 aromatic carbocycles. The molecule has 2 heterocycles. The van der Waals surface area contributed by atoms with Crippen molar-refractivity contribution < 1.29 is 4.79 Å². The normalized spacial score (nSPS) is 28.8. The van der Waals surface area contributed by atoms with E-state index in [2.05, 4.69) is 51.8 Å². The molecular formula is C19H28N4O. The Balaban J connectivity index is 1.34. The predicted octanol–water partition coefficient (Wildman–Crippen LogP) is 0.943. The summed E-state index contributed by atoms with van der Waals surface area (Å²) >= 11 is 0. The summed E-state index contributed by atoms with van der Waals surface area (Å²) in [6, 6.07) is 9.76. The van der Waals surface area contributed by atoms with Crippen LogP contribution in [-0.2, 0) is 17.6 Å². The molecule has 4 rings (SSSR count). The van der Waals surface area contributed by atoms with Crippen LogP contribution in [0.4, 0.5) is 0 Å². The van der Waals surface area contributed by atoms with Crippen molar-refractivity contribution >= 4 is 5.91 Å². The minimum absolute atomic E-state index is 0.0534. The Hall–Kier alpha value is -1.43. The van der Waals surface area contributed by atoms with E-state index in [0.717, 1.165) is 51.9 Å². The Bertz CT molecular complexity index is 580. The van der Waals surface area contributed by atoms with Gasteiger partial charge in [-0.1, -0.05) is 24.3 Å². The van der Waals surface area contributed by atoms with E-state index in [1.807, 2.05) is 0 Å². The van der Waals surface area contributed by atoms with Crippen molar-refractivity contribution in [3.05, 3.63) is 35.4 Å². The molecule has 1 aromatic rings. The molecule has 2 atom stereocenters. The van der Waals surface area contributed by atoms with Gasteiger partial charge in [0.05, 0.1) is 0 Å². The molecule has 2 aliphatic heterocycles. The van der Waals surface area contributed by atoms with Gasteiger partial charge in [0.25, 0.3) is 0 Å². The number of hydrogen-bond donors (Lipinski definition) is 2. The van der Waals surface area contributed by atoms with Gasteiger partial charge in [-0.15, -0.1) is 0 Å². The summed E-state index contributed by atoms with van der Waals surface area (Å²) in [7, 11) is 0. The maximum absolute atomic E-state index is 12.7. The zero-order valence-corrected chi connectivity index (χ0v) is 14.5. The number of rotatable bonds is 2. The minimum Gasteiger partial charge on any atom is -0.340 e. The third-order valence-electron chi connectivity index (χ3n) is 5.78. The van der Waals surface area contributed by atoms with Gasteiger partial charge < -0.3 is 4.90 Å². The number of carbonyl (C=O) groups excluding carboxylic acids is 1. The maximum atomic E-state index is 12.7. The molecule has 130 valence electrons. The van der Waals surface area contributed by atoms with E-state index in [-0.39, 0.29) is 11.9 Å². The Kier molecular flexibility index (Phi) is 4.57. The molecule has 24 heavy (non-hydrogen) atoms. The van der Waals surface area contributed by atoms with Crippen molar-refractivity contribution in [3.8, 4) is 0 Å². The zero-order chi connectivity index (χ0) is 16.5. The first-order valence-corrected chi connectivity index (χ1v) is 9.31. The van der Waals surface area contributed by atoms with Crippen molar-refractivity contribution in [2.45, 2.75) is 50.7 Å². The van der Waals surface area contributed by atoms with Crippen LogP contribution in [0.3, 0.4) is 0 Å². The van der Waals surface area contributed by atoms with Gasteiger partial charge in [-0.2, -0.15) is 0 Å². The number of hydrogen-bond acceptors (Lipinski definition) is 4. The van der Waals surface area contributed by atoms with E-state index in [4.69, 9.17) is 0 Å². The van der Waals surface area contributed by atoms with Gasteiger partial charge in [0.15, 0.2) is 0 Å². The number of amides is 1. The van der Waals surface area contributed by atoms with E-state index < -0.39 is 0 Å². The highest BCUT2D eigenvalue weighted by molar-refractivity contribution is 5.82. The zero-order valence-electron chi connectivity index (χ0n) is 14.5. The van der Waals surface area contributed by atoms with E-state index in [0.29, 0.717) is 12.1 Å². The molecule has 1 amide bonds. The molecule has 0 saturated carbocycles. The van der Waals surface area contributed by atoms with Gasteiger partial charge in [-0.3, -0.25) is 15.1 Å². The lowest BCUT2D eigenvalue weighted by Crippen LogP contribution is -2.47. The third-order valence-corrected chi connectivity index (χ3v) is 5.78. The highest BCUT2D eigenvalue weighted by Crippen LogP contribution is 2.26. The van der Waals surface area contributed by atoms with Crippen molar-refractivity contribution in [3.63, 3.8) is 0 Å². The van der Waals surface area contributed by atoms with Crippen LogP contribution < -0.4 is 10.9 Å². The summed E-state index contributed by atoms with van der Waals surface area (Å²) in [6.45, 7) is 5.97. The van der Waals surface area contributed by atoms with E-state index in [1.54, 1.807) is 0 Å². The summed E-state index contributed by atoms with van der Waals surface area (Å²) in [5.41, 5.74) is 9.33. The molecule has 5 heteroatoms. The largest absolute Gasteiger partial charge is 0.340 e. The summed E-state index contributed by atoms with van der Waals surface area (Å²) < 4.78 is 0. The summed E-state index contributed by atoms with van der Waals surface area (Å²) in [5, 5.41) is 0. The summed E-state index contributed by atoms with van der Waals surface area (Å²) in [4.78, 5) is 17.4. The summed E-state index contributed by atoms with van der Waals surface area (Å²) in [5.74, 6) is 0.267.